The molecule has 1 fully saturated rings. The van der Waals surface area contributed by atoms with Crippen LogP contribution >= 0.6 is 23.4 Å². The van der Waals surface area contributed by atoms with Gasteiger partial charge in [0.2, 0.25) is 5.91 Å². The maximum Gasteiger partial charge on any atom is 0.234 e. The minimum absolute atomic E-state index is 0.124. The molecule has 1 aliphatic rings. The molecule has 0 bridgehead atoms. The van der Waals surface area contributed by atoms with Crippen molar-refractivity contribution in [3.63, 3.8) is 0 Å². The third kappa shape index (κ3) is 5.49. The van der Waals surface area contributed by atoms with Crippen LogP contribution in [-0.2, 0) is 4.79 Å². The third-order valence-corrected chi connectivity index (χ3v) is 6.99. The van der Waals surface area contributed by atoms with E-state index in [1.54, 1.807) is 12.4 Å². The molecule has 9 heteroatoms. The topological polar surface area (TPSA) is 75.9 Å². The Kier molecular flexibility index (Phi) is 7.30. The number of piperidine rings is 1. The second-order valence-corrected chi connectivity index (χ2v) is 9.64. The maximum absolute atomic E-state index is 13.0. The molecule has 0 aliphatic carbocycles. The highest BCUT2D eigenvalue weighted by Crippen LogP contribution is 2.32. The number of carbonyl (C=O) groups excluding carboxylic acids is 1. The lowest BCUT2D eigenvalue weighted by Crippen LogP contribution is -2.30. The lowest BCUT2D eigenvalue weighted by molar-refractivity contribution is -0.113. The number of para-hydroxylation sites is 1. The van der Waals surface area contributed by atoms with Crippen molar-refractivity contribution in [3.8, 4) is 17.1 Å². The van der Waals surface area contributed by atoms with Gasteiger partial charge in [0.1, 0.15) is 0 Å². The van der Waals surface area contributed by atoms with E-state index in [9.17, 15) is 4.79 Å². The van der Waals surface area contributed by atoms with Crippen molar-refractivity contribution in [2.45, 2.75) is 24.4 Å². The van der Waals surface area contributed by atoms with Gasteiger partial charge in [-0.3, -0.25) is 14.3 Å². The maximum atomic E-state index is 13.0. The molecule has 0 unspecified atom stereocenters. The summed E-state index contributed by atoms with van der Waals surface area (Å²) in [5.74, 6) is 0.736. The number of thioether (sulfide) groups is 1. The van der Waals surface area contributed by atoms with Crippen molar-refractivity contribution < 1.29 is 4.79 Å². The molecule has 5 rings (SSSR count). The highest BCUT2D eigenvalue weighted by Gasteiger charge is 2.19. The van der Waals surface area contributed by atoms with Crippen LogP contribution in [0.4, 0.5) is 11.4 Å². The summed E-state index contributed by atoms with van der Waals surface area (Å²) in [5, 5.41) is 13.1. The number of rotatable bonds is 7. The molecule has 0 spiro atoms. The summed E-state index contributed by atoms with van der Waals surface area (Å²) in [5.41, 5.74) is 3.52. The number of halogens is 1. The normalized spacial score (nSPS) is 13.6. The second-order valence-electron chi connectivity index (χ2n) is 8.26. The summed E-state index contributed by atoms with van der Waals surface area (Å²) in [6.45, 7) is 1.97. The summed E-state index contributed by atoms with van der Waals surface area (Å²) in [6.07, 6.45) is 7.03. The van der Waals surface area contributed by atoms with E-state index in [2.05, 4.69) is 25.4 Å². The van der Waals surface area contributed by atoms with E-state index in [4.69, 9.17) is 11.6 Å². The van der Waals surface area contributed by atoms with E-state index in [0.29, 0.717) is 16.0 Å². The minimum atomic E-state index is -0.124. The van der Waals surface area contributed by atoms with Gasteiger partial charge in [-0.1, -0.05) is 41.6 Å². The number of benzene rings is 2. The van der Waals surface area contributed by atoms with Crippen molar-refractivity contribution in [2.24, 2.45) is 0 Å². The van der Waals surface area contributed by atoms with Crippen molar-refractivity contribution in [1.82, 2.24) is 19.7 Å². The van der Waals surface area contributed by atoms with Crippen LogP contribution < -0.4 is 10.2 Å². The first-order valence-electron chi connectivity index (χ1n) is 11.6. The molecule has 1 aliphatic heterocycles. The smallest absolute Gasteiger partial charge is 0.234 e. The van der Waals surface area contributed by atoms with Gasteiger partial charge in [0.25, 0.3) is 0 Å². The van der Waals surface area contributed by atoms with Crippen LogP contribution in [0.2, 0.25) is 5.02 Å². The number of nitrogens with one attached hydrogen (secondary N) is 1. The molecule has 1 amide bonds. The van der Waals surface area contributed by atoms with Gasteiger partial charge in [-0.2, -0.15) is 0 Å². The van der Waals surface area contributed by atoms with Gasteiger partial charge in [-0.25, -0.2) is 0 Å². The molecule has 0 radical (unpaired) electrons. The van der Waals surface area contributed by atoms with Gasteiger partial charge in [-0.15, -0.1) is 10.2 Å². The molecule has 0 saturated carbocycles. The molecule has 1 N–H and O–H groups in total. The average Bonchev–Trinajstić information content (AvgIpc) is 3.33. The van der Waals surface area contributed by atoms with Crippen molar-refractivity contribution in [2.75, 3.05) is 29.1 Å². The zero-order valence-electron chi connectivity index (χ0n) is 19.1. The second kappa shape index (κ2) is 10.9. The number of amides is 1. The Morgan fingerprint density at radius 1 is 1.00 bits per heavy atom. The van der Waals surface area contributed by atoms with E-state index >= 15 is 0 Å². The zero-order valence-corrected chi connectivity index (χ0v) is 20.7. The molecule has 3 heterocycles. The average molecular weight is 505 g/mol. The molecule has 2 aromatic carbocycles. The van der Waals surface area contributed by atoms with E-state index < -0.39 is 0 Å². The number of carbonyl (C=O) groups is 1. The molecule has 7 nitrogen and oxygen atoms in total. The molecule has 35 heavy (non-hydrogen) atoms. The van der Waals surface area contributed by atoms with Gasteiger partial charge in [0.05, 0.1) is 17.1 Å². The molecule has 0 atom stereocenters. The summed E-state index contributed by atoms with van der Waals surface area (Å²) in [7, 11) is 0. The van der Waals surface area contributed by atoms with Crippen LogP contribution in [0.1, 0.15) is 19.3 Å². The van der Waals surface area contributed by atoms with Crippen molar-refractivity contribution in [1.29, 1.82) is 0 Å². The molecular weight excluding hydrogens is 480 g/mol. The zero-order chi connectivity index (χ0) is 24.0. The van der Waals surface area contributed by atoms with Gasteiger partial charge < -0.3 is 10.2 Å². The van der Waals surface area contributed by atoms with Gasteiger partial charge in [-0.05, 0) is 61.7 Å². The van der Waals surface area contributed by atoms with Crippen molar-refractivity contribution in [3.05, 3.63) is 78.1 Å². The predicted molar refractivity (Wildman–Crippen MR) is 141 cm³/mol. The highest BCUT2D eigenvalue weighted by molar-refractivity contribution is 7.99. The first-order valence-corrected chi connectivity index (χ1v) is 12.9. The Balaban J connectivity index is 1.36. The van der Waals surface area contributed by atoms with E-state index in [0.717, 1.165) is 48.6 Å². The number of pyridine rings is 1. The number of hydrogen-bond acceptors (Lipinski definition) is 6. The summed E-state index contributed by atoms with van der Waals surface area (Å²) in [6, 6.07) is 19.4. The number of anilines is 2. The standard InChI is InChI=1S/C26H25ClN6OS/c27-20-11-12-23(32-14-5-2-6-15-32)22(16-20)29-24(34)18-35-26-31-30-25(19-8-7-13-28-17-19)33(26)21-9-3-1-4-10-21/h1,3-4,7-13,16-17H,2,5-6,14-15,18H2,(H,29,34). The predicted octanol–water partition coefficient (Wildman–Crippen LogP) is 5.70. The van der Waals surface area contributed by atoms with Crippen molar-refractivity contribution >= 4 is 40.6 Å². The lowest BCUT2D eigenvalue weighted by atomic mass is 10.1. The fourth-order valence-corrected chi connectivity index (χ4v) is 5.11. The number of hydrogen-bond donors (Lipinski definition) is 1. The monoisotopic (exact) mass is 504 g/mol. The van der Waals surface area contributed by atoms with Crippen LogP contribution in [0, 0.1) is 0 Å². The van der Waals surface area contributed by atoms with Crippen LogP contribution in [-0.4, -0.2) is 44.5 Å². The van der Waals surface area contributed by atoms with Gasteiger partial charge in [0, 0.05) is 41.8 Å². The first kappa shape index (κ1) is 23.4. The third-order valence-electron chi connectivity index (χ3n) is 5.83. The Bertz CT molecular complexity index is 1290. The van der Waals surface area contributed by atoms with E-state index in [1.807, 2.05) is 65.2 Å². The highest BCUT2D eigenvalue weighted by atomic mass is 35.5. The fraction of sp³-hybridized carbons (Fsp3) is 0.231. The summed E-state index contributed by atoms with van der Waals surface area (Å²) in [4.78, 5) is 19.5. The van der Waals surface area contributed by atoms with Crippen LogP contribution in [0.15, 0.2) is 78.2 Å². The Morgan fingerprint density at radius 2 is 1.83 bits per heavy atom. The fourth-order valence-electron chi connectivity index (χ4n) is 4.19. The minimum Gasteiger partial charge on any atom is -0.370 e. The Labute approximate surface area is 213 Å². The van der Waals surface area contributed by atoms with Gasteiger partial charge >= 0.3 is 0 Å². The largest absolute Gasteiger partial charge is 0.370 e. The van der Waals surface area contributed by atoms with Crippen LogP contribution in [0.25, 0.3) is 17.1 Å². The van der Waals surface area contributed by atoms with E-state index in [1.165, 1.54) is 18.2 Å². The Morgan fingerprint density at radius 3 is 2.60 bits per heavy atom. The number of nitrogens with zero attached hydrogens (tertiary/aromatic N) is 5. The quantitative estimate of drug-likeness (QED) is 0.325. The van der Waals surface area contributed by atoms with Crippen LogP contribution in [0.5, 0.6) is 0 Å². The van der Waals surface area contributed by atoms with Gasteiger partial charge in [0.15, 0.2) is 11.0 Å². The SMILES string of the molecule is O=C(CSc1nnc(-c2cccnc2)n1-c1ccccc1)Nc1cc(Cl)ccc1N1CCCCC1. The van der Waals surface area contributed by atoms with E-state index in [-0.39, 0.29) is 11.7 Å². The summed E-state index contributed by atoms with van der Waals surface area (Å²) < 4.78 is 1.95. The molecule has 1 saturated heterocycles. The summed E-state index contributed by atoms with van der Waals surface area (Å²) >= 11 is 7.60. The first-order chi connectivity index (χ1) is 17.2. The molecule has 4 aromatic rings. The van der Waals surface area contributed by atoms with Crippen LogP contribution in [0.3, 0.4) is 0 Å². The molecule has 178 valence electrons. The lowest BCUT2D eigenvalue weighted by Gasteiger charge is -2.30. The Hall–Kier alpha value is -3.36. The molecule has 2 aromatic heterocycles. The number of aromatic nitrogens is 4. The molecular formula is C26H25ClN6OS.